The molecule has 0 saturated heterocycles. The zero-order valence-electron chi connectivity index (χ0n) is 10.3. The molecule has 0 bridgehead atoms. The Morgan fingerprint density at radius 1 is 1.12 bits per heavy atom. The number of rotatable bonds is 5. The Morgan fingerprint density at radius 2 is 1.81 bits per heavy atom. The lowest BCUT2D eigenvalue weighted by Gasteiger charge is -2.45. The van der Waals surface area contributed by atoms with Crippen LogP contribution in [0.3, 0.4) is 0 Å². The summed E-state index contributed by atoms with van der Waals surface area (Å²) in [5.74, 6) is 0. The predicted octanol–water partition coefficient (Wildman–Crippen LogP) is 3.19. The molecule has 2 aliphatic rings. The van der Waals surface area contributed by atoms with E-state index in [1.165, 1.54) is 51.5 Å². The second kappa shape index (κ2) is 6.36. The van der Waals surface area contributed by atoms with Crippen LogP contribution >= 0.6 is 15.9 Å². The van der Waals surface area contributed by atoms with Crippen molar-refractivity contribution in [2.24, 2.45) is 0 Å². The van der Waals surface area contributed by atoms with Crippen molar-refractivity contribution in [1.29, 1.82) is 0 Å². The molecule has 2 rings (SSSR count). The van der Waals surface area contributed by atoms with E-state index in [2.05, 4.69) is 20.8 Å². The quantitative estimate of drug-likeness (QED) is 0.721. The van der Waals surface area contributed by atoms with Crippen LogP contribution in [0, 0.1) is 0 Å². The molecule has 0 heterocycles. The minimum atomic E-state index is 0.511. The smallest absolute Gasteiger partial charge is 0.0586 e. The highest BCUT2D eigenvalue weighted by atomic mass is 79.9. The van der Waals surface area contributed by atoms with Gasteiger partial charge in [-0.15, -0.1) is 0 Å². The summed E-state index contributed by atoms with van der Waals surface area (Å²) in [5.41, 5.74) is 0. The van der Waals surface area contributed by atoms with Crippen LogP contribution in [-0.2, 0) is 4.74 Å². The molecule has 0 spiro atoms. The number of hydrogen-bond donors (Lipinski definition) is 0. The molecule has 2 saturated carbocycles. The van der Waals surface area contributed by atoms with E-state index < -0.39 is 0 Å². The van der Waals surface area contributed by atoms with Crippen LogP contribution in [0.25, 0.3) is 0 Å². The lowest BCUT2D eigenvalue weighted by molar-refractivity contribution is 0.00248. The van der Waals surface area contributed by atoms with Gasteiger partial charge in [0.15, 0.2) is 0 Å². The van der Waals surface area contributed by atoms with Crippen molar-refractivity contribution in [3.8, 4) is 0 Å². The van der Waals surface area contributed by atoms with E-state index in [1.54, 1.807) is 0 Å². The number of halogens is 1. The maximum atomic E-state index is 5.54. The van der Waals surface area contributed by atoms with Gasteiger partial charge >= 0.3 is 0 Å². The van der Waals surface area contributed by atoms with Gasteiger partial charge in [-0.25, -0.2) is 0 Å². The van der Waals surface area contributed by atoms with Crippen LogP contribution in [0.15, 0.2) is 0 Å². The summed E-state index contributed by atoms with van der Waals surface area (Å²) < 4.78 is 5.54. The average molecular weight is 290 g/mol. The van der Waals surface area contributed by atoms with Gasteiger partial charge < -0.3 is 4.74 Å². The summed E-state index contributed by atoms with van der Waals surface area (Å²) >= 11 is 3.60. The first kappa shape index (κ1) is 12.8. The lowest BCUT2D eigenvalue weighted by atomic mass is 9.85. The van der Waals surface area contributed by atoms with Crippen molar-refractivity contribution < 1.29 is 4.74 Å². The summed E-state index contributed by atoms with van der Waals surface area (Å²) in [6.07, 6.45) is 10.0. The van der Waals surface area contributed by atoms with Crippen molar-refractivity contribution in [2.75, 3.05) is 19.0 Å². The first-order chi connectivity index (χ1) is 7.85. The second-order valence-electron chi connectivity index (χ2n) is 5.19. The average Bonchev–Trinajstić information content (AvgIpc) is 2.26. The highest BCUT2D eigenvalue weighted by Crippen LogP contribution is 2.32. The largest absolute Gasteiger partial charge is 0.381 e. The topological polar surface area (TPSA) is 12.5 Å². The minimum Gasteiger partial charge on any atom is -0.381 e. The number of hydrogen-bond acceptors (Lipinski definition) is 2. The highest BCUT2D eigenvalue weighted by molar-refractivity contribution is 9.09. The van der Waals surface area contributed by atoms with Gasteiger partial charge in [-0.3, -0.25) is 4.90 Å². The molecule has 0 aromatic rings. The first-order valence-electron chi connectivity index (χ1n) is 6.69. The summed E-state index contributed by atoms with van der Waals surface area (Å²) in [7, 11) is 1.87. The van der Waals surface area contributed by atoms with E-state index in [0.717, 1.165) is 17.4 Å². The summed E-state index contributed by atoms with van der Waals surface area (Å²) in [6.45, 7) is 1.21. The molecule has 0 aromatic heterocycles. The zero-order chi connectivity index (χ0) is 11.4. The van der Waals surface area contributed by atoms with E-state index in [4.69, 9.17) is 4.74 Å². The second-order valence-corrected chi connectivity index (χ2v) is 5.98. The zero-order valence-corrected chi connectivity index (χ0v) is 11.9. The van der Waals surface area contributed by atoms with E-state index >= 15 is 0 Å². The molecule has 16 heavy (non-hydrogen) atoms. The third-order valence-electron chi connectivity index (χ3n) is 4.29. The van der Waals surface area contributed by atoms with Crippen molar-refractivity contribution >= 4 is 15.9 Å². The normalized spacial score (nSPS) is 31.7. The number of nitrogens with zero attached hydrogens (tertiary/aromatic N) is 1. The molecule has 0 aliphatic heterocycles. The van der Waals surface area contributed by atoms with E-state index in [9.17, 15) is 0 Å². The van der Waals surface area contributed by atoms with Gasteiger partial charge in [0.25, 0.3) is 0 Å². The standard InChI is InChI=1S/C13H24BrNO/c1-16-13-7-3-6-12(10-13)15(9-8-14)11-4-2-5-11/h11-13H,2-10H2,1H3. The van der Waals surface area contributed by atoms with Gasteiger partial charge in [0.1, 0.15) is 0 Å². The van der Waals surface area contributed by atoms with E-state index in [0.29, 0.717) is 6.10 Å². The minimum absolute atomic E-state index is 0.511. The maximum Gasteiger partial charge on any atom is 0.0586 e. The Kier molecular flexibility index (Phi) is 5.11. The molecule has 94 valence electrons. The Morgan fingerprint density at radius 3 is 2.38 bits per heavy atom. The van der Waals surface area contributed by atoms with Crippen molar-refractivity contribution in [1.82, 2.24) is 4.90 Å². The Balaban J connectivity index is 1.90. The maximum absolute atomic E-state index is 5.54. The highest BCUT2D eigenvalue weighted by Gasteiger charge is 2.33. The third-order valence-corrected chi connectivity index (χ3v) is 4.64. The molecule has 0 amide bonds. The molecule has 0 radical (unpaired) electrons. The predicted molar refractivity (Wildman–Crippen MR) is 71.2 cm³/mol. The molecule has 2 unspecified atom stereocenters. The fraction of sp³-hybridized carbons (Fsp3) is 1.00. The third kappa shape index (κ3) is 2.99. The van der Waals surface area contributed by atoms with Crippen LogP contribution in [0.2, 0.25) is 0 Å². The van der Waals surface area contributed by atoms with Crippen LogP contribution in [-0.4, -0.2) is 42.1 Å². The van der Waals surface area contributed by atoms with Gasteiger partial charge in [0, 0.05) is 31.1 Å². The van der Waals surface area contributed by atoms with Gasteiger partial charge in [-0.1, -0.05) is 22.4 Å². The van der Waals surface area contributed by atoms with Gasteiger partial charge in [0.2, 0.25) is 0 Å². The number of alkyl halides is 1. The van der Waals surface area contributed by atoms with Crippen molar-refractivity contribution in [2.45, 2.75) is 63.1 Å². The van der Waals surface area contributed by atoms with Gasteiger partial charge in [0.05, 0.1) is 6.10 Å². The van der Waals surface area contributed by atoms with Crippen LogP contribution < -0.4 is 0 Å². The van der Waals surface area contributed by atoms with Crippen molar-refractivity contribution in [3.05, 3.63) is 0 Å². The first-order valence-corrected chi connectivity index (χ1v) is 7.81. The van der Waals surface area contributed by atoms with Gasteiger partial charge in [-0.2, -0.15) is 0 Å². The monoisotopic (exact) mass is 289 g/mol. The molecule has 3 heteroatoms. The number of methoxy groups -OCH3 is 1. The molecular formula is C13H24BrNO. The van der Waals surface area contributed by atoms with Crippen molar-refractivity contribution in [3.63, 3.8) is 0 Å². The molecule has 2 atom stereocenters. The molecule has 0 N–H and O–H groups in total. The summed E-state index contributed by atoms with van der Waals surface area (Å²) in [5, 5.41) is 1.11. The SMILES string of the molecule is COC1CCCC(N(CCBr)C2CCC2)C1. The molecule has 2 nitrogen and oxygen atoms in total. The van der Waals surface area contributed by atoms with E-state index in [-0.39, 0.29) is 0 Å². The molecular weight excluding hydrogens is 266 g/mol. The summed E-state index contributed by atoms with van der Waals surface area (Å²) in [6, 6.07) is 1.65. The fourth-order valence-electron chi connectivity index (χ4n) is 3.11. The Hall–Kier alpha value is 0.400. The molecule has 2 fully saturated rings. The lowest BCUT2D eigenvalue weighted by Crippen LogP contribution is -2.49. The van der Waals surface area contributed by atoms with Crippen LogP contribution in [0.1, 0.15) is 44.9 Å². The number of ether oxygens (including phenoxy) is 1. The van der Waals surface area contributed by atoms with Crippen LogP contribution in [0.5, 0.6) is 0 Å². The Labute approximate surface area is 108 Å². The fourth-order valence-corrected chi connectivity index (χ4v) is 3.52. The van der Waals surface area contributed by atoms with Gasteiger partial charge in [-0.05, 0) is 38.5 Å². The summed E-state index contributed by atoms with van der Waals surface area (Å²) in [4.78, 5) is 2.75. The molecule has 2 aliphatic carbocycles. The molecule has 0 aromatic carbocycles. The van der Waals surface area contributed by atoms with E-state index in [1.807, 2.05) is 7.11 Å². The van der Waals surface area contributed by atoms with Crippen LogP contribution in [0.4, 0.5) is 0 Å². The Bertz CT molecular complexity index is 208.